The van der Waals surface area contributed by atoms with Crippen molar-refractivity contribution in [3.8, 4) is 10.6 Å². The van der Waals surface area contributed by atoms with E-state index >= 15 is 0 Å². The Morgan fingerprint density at radius 1 is 1.40 bits per heavy atom. The molecule has 0 saturated carbocycles. The van der Waals surface area contributed by atoms with Gasteiger partial charge in [-0.25, -0.2) is 9.97 Å². The molecule has 0 bridgehead atoms. The Bertz CT molecular complexity index is 835. The highest BCUT2D eigenvalue weighted by Gasteiger charge is 2.18. The zero-order valence-corrected chi connectivity index (χ0v) is 15.2. The maximum Gasteiger partial charge on any atom is 0.232 e. The van der Waals surface area contributed by atoms with Gasteiger partial charge in [0.2, 0.25) is 5.91 Å². The molecule has 3 aromatic heterocycles. The Morgan fingerprint density at radius 2 is 2.28 bits per heavy atom. The predicted molar refractivity (Wildman–Crippen MR) is 99.1 cm³/mol. The second-order valence-corrected chi connectivity index (χ2v) is 7.89. The van der Waals surface area contributed by atoms with Crippen molar-refractivity contribution in [1.82, 2.24) is 15.3 Å². The van der Waals surface area contributed by atoms with Crippen molar-refractivity contribution in [2.75, 3.05) is 18.4 Å². The summed E-state index contributed by atoms with van der Waals surface area (Å²) in [6.07, 6.45) is 7.68. The summed E-state index contributed by atoms with van der Waals surface area (Å²) in [5.74, 6) is 0.468. The number of anilines is 1. The molecule has 1 fully saturated rings. The van der Waals surface area contributed by atoms with E-state index in [9.17, 15) is 4.79 Å². The number of nitrogens with one attached hydrogen (secondary N) is 2. The van der Waals surface area contributed by atoms with Crippen molar-refractivity contribution in [2.24, 2.45) is 0 Å². The number of furan rings is 1. The van der Waals surface area contributed by atoms with Gasteiger partial charge < -0.3 is 15.1 Å². The van der Waals surface area contributed by atoms with E-state index in [1.165, 1.54) is 16.2 Å². The third kappa shape index (κ3) is 3.97. The quantitative estimate of drug-likeness (QED) is 0.714. The molecule has 25 heavy (non-hydrogen) atoms. The van der Waals surface area contributed by atoms with Crippen LogP contribution in [-0.2, 0) is 11.2 Å². The van der Waals surface area contributed by atoms with Crippen molar-refractivity contribution in [1.29, 1.82) is 0 Å². The molecule has 1 saturated heterocycles. The maximum atomic E-state index is 12.3. The van der Waals surface area contributed by atoms with Gasteiger partial charge in [-0.3, -0.25) is 4.79 Å². The van der Waals surface area contributed by atoms with Crippen molar-refractivity contribution in [2.45, 2.75) is 25.2 Å². The molecule has 2 N–H and O–H groups in total. The molecule has 0 atom stereocenters. The molecular weight excluding hydrogens is 356 g/mol. The Balaban J connectivity index is 1.35. The summed E-state index contributed by atoms with van der Waals surface area (Å²) < 4.78 is 5.07. The summed E-state index contributed by atoms with van der Waals surface area (Å²) in [5, 5.41) is 9.70. The summed E-state index contributed by atoms with van der Waals surface area (Å²) in [5.41, 5.74) is 1.69. The topological polar surface area (TPSA) is 80.1 Å². The van der Waals surface area contributed by atoms with Gasteiger partial charge in [0.1, 0.15) is 11.3 Å². The van der Waals surface area contributed by atoms with Crippen LogP contribution in [0.2, 0.25) is 0 Å². The minimum absolute atomic E-state index is 0.0877. The van der Waals surface area contributed by atoms with Crippen LogP contribution in [0.15, 0.2) is 34.6 Å². The minimum atomic E-state index is -0.0877. The first-order valence-electron chi connectivity index (χ1n) is 8.21. The van der Waals surface area contributed by atoms with Crippen LogP contribution in [0.5, 0.6) is 0 Å². The highest BCUT2D eigenvalue weighted by Crippen LogP contribution is 2.31. The second-order valence-electron chi connectivity index (χ2n) is 5.97. The lowest BCUT2D eigenvalue weighted by atomic mass is 9.97. The van der Waals surface area contributed by atoms with Gasteiger partial charge in [-0.05, 0) is 37.9 Å². The van der Waals surface area contributed by atoms with Gasteiger partial charge in [0, 0.05) is 22.0 Å². The molecular formula is C17H18N4O2S2. The number of thiazole rings is 2. The van der Waals surface area contributed by atoms with Crippen LogP contribution in [0, 0.1) is 0 Å². The van der Waals surface area contributed by atoms with Crippen molar-refractivity contribution < 1.29 is 9.21 Å². The number of hydrogen-bond donors (Lipinski definition) is 2. The number of nitrogens with zero attached hydrogens (tertiary/aromatic N) is 2. The Hall–Kier alpha value is -2.03. The molecule has 1 aliphatic heterocycles. The molecule has 0 radical (unpaired) electrons. The summed E-state index contributed by atoms with van der Waals surface area (Å²) in [6, 6.07) is 1.86. The number of hydrogen-bond acceptors (Lipinski definition) is 7. The lowest BCUT2D eigenvalue weighted by Crippen LogP contribution is -2.26. The molecule has 3 aromatic rings. The molecule has 0 spiro atoms. The fourth-order valence-corrected chi connectivity index (χ4v) is 4.68. The Labute approximate surface area is 153 Å². The molecule has 130 valence electrons. The smallest absolute Gasteiger partial charge is 0.232 e. The van der Waals surface area contributed by atoms with E-state index in [0.29, 0.717) is 11.0 Å². The van der Waals surface area contributed by atoms with Crippen LogP contribution in [0.4, 0.5) is 5.13 Å². The van der Waals surface area contributed by atoms with Crippen LogP contribution >= 0.6 is 22.7 Å². The molecule has 0 aliphatic carbocycles. The van der Waals surface area contributed by atoms with Gasteiger partial charge in [0.15, 0.2) is 5.13 Å². The highest BCUT2D eigenvalue weighted by atomic mass is 32.1. The van der Waals surface area contributed by atoms with Crippen LogP contribution in [-0.4, -0.2) is 29.0 Å². The first kappa shape index (κ1) is 16.4. The number of piperidine rings is 1. The fourth-order valence-electron chi connectivity index (χ4n) is 2.87. The van der Waals surface area contributed by atoms with Crippen molar-refractivity contribution >= 4 is 33.7 Å². The van der Waals surface area contributed by atoms with Gasteiger partial charge in [-0.2, -0.15) is 0 Å². The van der Waals surface area contributed by atoms with Gasteiger partial charge in [-0.15, -0.1) is 22.7 Å². The Morgan fingerprint density at radius 3 is 3.08 bits per heavy atom. The van der Waals surface area contributed by atoms with E-state index < -0.39 is 0 Å². The summed E-state index contributed by atoms with van der Waals surface area (Å²) in [4.78, 5) is 22.4. The number of aromatic nitrogens is 2. The van der Waals surface area contributed by atoms with Crippen molar-refractivity contribution in [3.63, 3.8) is 0 Å². The molecule has 6 nitrogen and oxygen atoms in total. The van der Waals surface area contributed by atoms with Crippen LogP contribution in [0.25, 0.3) is 10.6 Å². The van der Waals surface area contributed by atoms with E-state index in [2.05, 4.69) is 20.6 Å². The average molecular weight is 374 g/mol. The van der Waals surface area contributed by atoms with Gasteiger partial charge in [0.25, 0.3) is 0 Å². The van der Waals surface area contributed by atoms with Gasteiger partial charge in [0.05, 0.1) is 18.4 Å². The third-order valence-corrected chi connectivity index (χ3v) is 6.19. The van der Waals surface area contributed by atoms with Crippen LogP contribution < -0.4 is 10.6 Å². The van der Waals surface area contributed by atoms with E-state index in [1.54, 1.807) is 23.9 Å². The maximum absolute atomic E-state index is 12.3. The number of carbonyl (C=O) groups excluding carboxylic acids is 1. The third-order valence-electron chi connectivity index (χ3n) is 4.17. The van der Waals surface area contributed by atoms with Crippen molar-refractivity contribution in [3.05, 3.63) is 40.7 Å². The molecule has 8 heteroatoms. The largest absolute Gasteiger partial charge is 0.472 e. The number of rotatable bonds is 5. The molecule has 4 heterocycles. The highest BCUT2D eigenvalue weighted by molar-refractivity contribution is 7.15. The van der Waals surface area contributed by atoms with Crippen LogP contribution in [0.1, 0.15) is 29.3 Å². The van der Waals surface area contributed by atoms with Gasteiger partial charge in [-0.1, -0.05) is 0 Å². The normalized spacial score (nSPS) is 15.4. The summed E-state index contributed by atoms with van der Waals surface area (Å²) >= 11 is 3.09. The summed E-state index contributed by atoms with van der Waals surface area (Å²) in [6.45, 7) is 2.10. The predicted octanol–water partition coefficient (Wildman–Crippen LogP) is 3.51. The fraction of sp³-hybridized carbons (Fsp3) is 0.353. The van der Waals surface area contributed by atoms with E-state index in [4.69, 9.17) is 4.42 Å². The zero-order chi connectivity index (χ0) is 17.1. The number of amides is 1. The Kier molecular flexibility index (Phi) is 4.91. The lowest BCUT2D eigenvalue weighted by molar-refractivity contribution is -0.115. The summed E-state index contributed by atoms with van der Waals surface area (Å²) in [7, 11) is 0. The van der Waals surface area contributed by atoms with Crippen LogP contribution in [0.3, 0.4) is 0 Å². The molecule has 1 amide bonds. The minimum Gasteiger partial charge on any atom is -0.472 e. The van der Waals surface area contributed by atoms with Gasteiger partial charge >= 0.3 is 0 Å². The second kappa shape index (κ2) is 7.47. The monoisotopic (exact) mass is 374 g/mol. The van der Waals surface area contributed by atoms with E-state index in [-0.39, 0.29) is 12.3 Å². The number of carbonyl (C=O) groups is 1. The van der Waals surface area contributed by atoms with E-state index in [0.717, 1.165) is 42.2 Å². The molecule has 1 aliphatic rings. The average Bonchev–Trinajstić information content (AvgIpc) is 3.37. The zero-order valence-electron chi connectivity index (χ0n) is 13.5. The standard InChI is InChI=1S/C17H18N4O2S2/c22-15(7-13-10-24-16(20-13)12-3-6-23-9-12)21-17-19-8-14(25-17)11-1-4-18-5-2-11/h3,6,8-11,18H,1-2,4-5,7H2,(H,19,21,22). The van der Waals surface area contributed by atoms with E-state index in [1.807, 2.05) is 17.6 Å². The molecule has 4 rings (SSSR count). The first-order chi connectivity index (χ1) is 12.3. The molecule has 0 aromatic carbocycles. The molecule has 0 unspecified atom stereocenters. The lowest BCUT2D eigenvalue weighted by Gasteiger charge is -2.20. The first-order valence-corrected chi connectivity index (χ1v) is 9.91. The SMILES string of the molecule is O=C(Cc1csc(-c2ccoc2)n1)Nc1ncc(C2CCNCC2)s1.